The molecular formula is C28H35N5O6. The summed E-state index contributed by atoms with van der Waals surface area (Å²) in [6.07, 6.45) is 1.93. The SMILES string of the molecule is CNCCN(C)C(=O)Oc1cc(C=O)c(-c2cnc3cc4c(cc3c2N(C)CCN(C)C)OCO4)cc1OC. The number of nitrogens with one attached hydrogen (secondary N) is 1. The molecule has 2 heterocycles. The van der Waals surface area contributed by atoms with Crippen LogP contribution in [-0.2, 0) is 0 Å². The number of carbonyl (C=O) groups excluding carboxylic acids is 2. The Labute approximate surface area is 228 Å². The summed E-state index contributed by atoms with van der Waals surface area (Å²) in [6.45, 7) is 2.75. The number of anilines is 1. The van der Waals surface area contributed by atoms with Crippen molar-refractivity contribution in [2.75, 3.05) is 80.2 Å². The Morgan fingerprint density at radius 2 is 1.77 bits per heavy atom. The molecular weight excluding hydrogens is 502 g/mol. The highest BCUT2D eigenvalue weighted by Gasteiger charge is 2.24. The molecule has 0 atom stereocenters. The first-order chi connectivity index (χ1) is 18.8. The Morgan fingerprint density at radius 3 is 2.44 bits per heavy atom. The molecule has 1 N–H and O–H groups in total. The van der Waals surface area contributed by atoms with Gasteiger partial charge in [0.15, 0.2) is 29.3 Å². The van der Waals surface area contributed by atoms with E-state index in [9.17, 15) is 9.59 Å². The maximum absolute atomic E-state index is 12.6. The van der Waals surface area contributed by atoms with E-state index in [1.165, 1.54) is 18.1 Å². The molecule has 1 aliphatic heterocycles. The molecule has 0 radical (unpaired) electrons. The van der Waals surface area contributed by atoms with Gasteiger partial charge in [0.25, 0.3) is 0 Å². The Morgan fingerprint density at radius 1 is 1.03 bits per heavy atom. The van der Waals surface area contributed by atoms with Crippen molar-refractivity contribution in [1.82, 2.24) is 20.1 Å². The van der Waals surface area contributed by atoms with E-state index in [0.717, 1.165) is 41.5 Å². The molecule has 11 heteroatoms. The van der Waals surface area contributed by atoms with Crippen molar-refractivity contribution in [2.24, 2.45) is 0 Å². The second-order valence-electron chi connectivity index (χ2n) is 9.57. The molecule has 4 rings (SSSR count). The predicted molar refractivity (Wildman–Crippen MR) is 150 cm³/mol. The van der Waals surface area contributed by atoms with Gasteiger partial charge in [0.05, 0.1) is 18.3 Å². The van der Waals surface area contributed by atoms with Gasteiger partial charge < -0.3 is 39.0 Å². The summed E-state index contributed by atoms with van der Waals surface area (Å²) >= 11 is 0. The van der Waals surface area contributed by atoms with Crippen molar-refractivity contribution in [3.8, 4) is 34.1 Å². The summed E-state index contributed by atoms with van der Waals surface area (Å²) in [4.78, 5) is 35.4. The van der Waals surface area contributed by atoms with Crippen LogP contribution >= 0.6 is 0 Å². The summed E-state index contributed by atoms with van der Waals surface area (Å²) in [6, 6.07) is 7.02. The van der Waals surface area contributed by atoms with Gasteiger partial charge >= 0.3 is 6.09 Å². The molecule has 0 spiro atoms. The smallest absolute Gasteiger partial charge is 0.415 e. The van der Waals surface area contributed by atoms with Crippen LogP contribution in [0.1, 0.15) is 10.4 Å². The Hall–Kier alpha value is -4.09. The molecule has 0 saturated heterocycles. The zero-order valence-corrected chi connectivity index (χ0v) is 23.2. The minimum Gasteiger partial charge on any atom is -0.493 e. The van der Waals surface area contributed by atoms with Gasteiger partial charge in [-0.2, -0.15) is 0 Å². The van der Waals surface area contributed by atoms with Gasteiger partial charge in [-0.3, -0.25) is 9.78 Å². The third kappa shape index (κ3) is 5.99. The standard InChI is InChI=1S/C28H35N5O6/c1-29-7-8-33(5)28(35)39-26-11-18(16-34)19(12-23(26)36-6)21-15-30-22-14-25-24(37-17-38-25)13-20(22)27(21)32(4)10-9-31(2)3/h11-16,29H,7-10,17H2,1-6H3. The van der Waals surface area contributed by atoms with Crippen LogP contribution in [0.15, 0.2) is 30.5 Å². The molecule has 1 amide bonds. The lowest BCUT2D eigenvalue weighted by molar-refractivity contribution is 0.112. The highest BCUT2D eigenvalue weighted by atomic mass is 16.7. The first-order valence-corrected chi connectivity index (χ1v) is 12.6. The fraction of sp³-hybridized carbons (Fsp3) is 0.393. The molecule has 208 valence electrons. The minimum absolute atomic E-state index is 0.154. The van der Waals surface area contributed by atoms with Gasteiger partial charge in [0.2, 0.25) is 6.79 Å². The highest BCUT2D eigenvalue weighted by Crippen LogP contribution is 2.44. The number of carbonyl (C=O) groups is 2. The average molecular weight is 538 g/mol. The number of aromatic nitrogens is 1. The molecule has 0 saturated carbocycles. The van der Waals surface area contributed by atoms with Crippen LogP contribution in [-0.4, -0.2) is 102 Å². The number of pyridine rings is 1. The number of benzene rings is 2. The third-order valence-corrected chi connectivity index (χ3v) is 6.56. The lowest BCUT2D eigenvalue weighted by atomic mass is 9.96. The van der Waals surface area contributed by atoms with Crippen molar-refractivity contribution in [3.63, 3.8) is 0 Å². The number of fused-ring (bicyclic) bond motifs is 2. The summed E-state index contributed by atoms with van der Waals surface area (Å²) in [5, 5.41) is 3.85. The van der Waals surface area contributed by atoms with Crippen molar-refractivity contribution < 1.29 is 28.5 Å². The van der Waals surface area contributed by atoms with E-state index in [2.05, 4.69) is 15.1 Å². The van der Waals surface area contributed by atoms with E-state index in [-0.39, 0.29) is 12.5 Å². The maximum atomic E-state index is 12.6. The average Bonchev–Trinajstić information content (AvgIpc) is 3.39. The number of aldehydes is 1. The topological polar surface area (TPSA) is 106 Å². The summed E-state index contributed by atoms with van der Waals surface area (Å²) in [5.41, 5.74) is 3.28. The number of hydrogen-bond acceptors (Lipinski definition) is 10. The van der Waals surface area contributed by atoms with Crippen LogP contribution in [0.5, 0.6) is 23.0 Å². The van der Waals surface area contributed by atoms with Crippen molar-refractivity contribution in [2.45, 2.75) is 0 Å². The first kappa shape index (κ1) is 27.9. The zero-order chi connectivity index (χ0) is 28.1. The van der Waals surface area contributed by atoms with Crippen LogP contribution in [0.4, 0.5) is 10.5 Å². The molecule has 3 aromatic rings. The number of nitrogens with zero attached hydrogens (tertiary/aromatic N) is 4. The fourth-order valence-electron chi connectivity index (χ4n) is 4.33. The van der Waals surface area contributed by atoms with Gasteiger partial charge in [-0.25, -0.2) is 4.79 Å². The van der Waals surface area contributed by atoms with E-state index >= 15 is 0 Å². The highest BCUT2D eigenvalue weighted by molar-refractivity contribution is 6.04. The molecule has 2 aromatic carbocycles. The van der Waals surface area contributed by atoms with Crippen LogP contribution < -0.4 is 29.2 Å². The lowest BCUT2D eigenvalue weighted by Gasteiger charge is -2.26. The van der Waals surface area contributed by atoms with Crippen LogP contribution in [0.25, 0.3) is 22.0 Å². The zero-order valence-electron chi connectivity index (χ0n) is 23.2. The van der Waals surface area contributed by atoms with Gasteiger partial charge in [0, 0.05) is 69.1 Å². The van der Waals surface area contributed by atoms with E-state index in [0.29, 0.717) is 41.5 Å². The summed E-state index contributed by atoms with van der Waals surface area (Å²) in [7, 11) is 11.0. The molecule has 0 aliphatic carbocycles. The number of ether oxygens (including phenoxy) is 4. The summed E-state index contributed by atoms with van der Waals surface area (Å²) < 4.78 is 22.4. The Kier molecular flexibility index (Phi) is 8.72. The Balaban J connectivity index is 1.84. The number of amides is 1. The fourth-order valence-corrected chi connectivity index (χ4v) is 4.33. The first-order valence-electron chi connectivity index (χ1n) is 12.6. The number of methoxy groups -OCH3 is 1. The molecule has 0 fully saturated rings. The largest absolute Gasteiger partial charge is 0.493 e. The molecule has 39 heavy (non-hydrogen) atoms. The molecule has 0 unspecified atom stereocenters. The quantitative estimate of drug-likeness (QED) is 0.367. The monoisotopic (exact) mass is 537 g/mol. The molecule has 0 bridgehead atoms. The second kappa shape index (κ2) is 12.2. The second-order valence-corrected chi connectivity index (χ2v) is 9.57. The van der Waals surface area contributed by atoms with Crippen LogP contribution in [0, 0.1) is 0 Å². The lowest BCUT2D eigenvalue weighted by Crippen LogP contribution is -2.34. The predicted octanol–water partition coefficient (Wildman–Crippen LogP) is 3.10. The van der Waals surface area contributed by atoms with Gasteiger partial charge in [-0.05, 0) is 44.9 Å². The number of rotatable bonds is 11. The van der Waals surface area contributed by atoms with E-state index in [4.69, 9.17) is 23.9 Å². The van der Waals surface area contributed by atoms with E-state index in [1.54, 1.807) is 26.4 Å². The number of hydrogen-bond donors (Lipinski definition) is 1. The van der Waals surface area contributed by atoms with Crippen molar-refractivity contribution in [3.05, 3.63) is 36.0 Å². The van der Waals surface area contributed by atoms with Crippen LogP contribution in [0.3, 0.4) is 0 Å². The maximum Gasteiger partial charge on any atom is 0.415 e. The van der Waals surface area contributed by atoms with Gasteiger partial charge in [0.1, 0.15) is 0 Å². The van der Waals surface area contributed by atoms with E-state index < -0.39 is 6.09 Å². The third-order valence-electron chi connectivity index (χ3n) is 6.56. The number of likely N-dealkylation sites (N-methyl/N-ethyl adjacent to an activating group) is 4. The van der Waals surface area contributed by atoms with Gasteiger partial charge in [-0.1, -0.05) is 0 Å². The minimum atomic E-state index is -0.555. The van der Waals surface area contributed by atoms with Gasteiger partial charge in [-0.15, -0.1) is 0 Å². The van der Waals surface area contributed by atoms with Crippen molar-refractivity contribution in [1.29, 1.82) is 0 Å². The summed E-state index contributed by atoms with van der Waals surface area (Å²) in [5.74, 6) is 1.76. The Bertz CT molecular complexity index is 1360. The molecule has 1 aromatic heterocycles. The van der Waals surface area contributed by atoms with Crippen LogP contribution in [0.2, 0.25) is 0 Å². The van der Waals surface area contributed by atoms with E-state index in [1.807, 2.05) is 33.3 Å². The molecule has 11 nitrogen and oxygen atoms in total. The normalized spacial score (nSPS) is 12.1. The van der Waals surface area contributed by atoms with Crippen molar-refractivity contribution >= 4 is 29.0 Å². The molecule has 1 aliphatic rings.